The first-order chi connectivity index (χ1) is 11.7. The van der Waals surface area contributed by atoms with Crippen LogP contribution in [0.5, 0.6) is 0 Å². The van der Waals surface area contributed by atoms with Crippen LogP contribution >= 0.6 is 11.3 Å². The lowest BCUT2D eigenvalue weighted by Gasteiger charge is -2.02. The molecule has 0 unspecified atom stereocenters. The van der Waals surface area contributed by atoms with E-state index < -0.39 is 0 Å². The monoisotopic (exact) mass is 330 g/mol. The number of benzene rings is 1. The van der Waals surface area contributed by atoms with Crippen LogP contribution in [0.15, 0.2) is 52.3 Å². The molecule has 0 atom stereocenters. The third kappa shape index (κ3) is 1.90. The summed E-state index contributed by atoms with van der Waals surface area (Å²) >= 11 is 1.73. The Balaban J connectivity index is 1.84. The van der Waals surface area contributed by atoms with E-state index in [1.54, 1.807) is 11.3 Å². The van der Waals surface area contributed by atoms with Crippen molar-refractivity contribution >= 4 is 43.6 Å². The molecule has 0 aliphatic carbocycles. The number of aryl methyl sites for hydroxylation is 2. The average Bonchev–Trinajstić information content (AvgIpc) is 3.14. The standard InChI is InChI=1S/C20H14N2OS/c1-11-10-24-17-9-8-16(22-18(11)17)15-5-3-4-13-14-7-6-12(2)21-20(14)23-19(13)15/h3-10H,1-2H3. The lowest BCUT2D eigenvalue weighted by molar-refractivity contribution is 0.653. The maximum Gasteiger partial charge on any atom is 0.227 e. The average molecular weight is 330 g/mol. The van der Waals surface area contributed by atoms with E-state index in [0.717, 1.165) is 38.8 Å². The van der Waals surface area contributed by atoms with Crippen molar-refractivity contribution in [1.29, 1.82) is 0 Å². The van der Waals surface area contributed by atoms with Gasteiger partial charge in [-0.25, -0.2) is 9.97 Å². The van der Waals surface area contributed by atoms with Crippen molar-refractivity contribution in [1.82, 2.24) is 9.97 Å². The second kappa shape index (κ2) is 4.89. The number of aromatic nitrogens is 2. The van der Waals surface area contributed by atoms with Gasteiger partial charge in [0.2, 0.25) is 5.71 Å². The highest BCUT2D eigenvalue weighted by Crippen LogP contribution is 2.35. The van der Waals surface area contributed by atoms with Gasteiger partial charge in [-0.1, -0.05) is 12.1 Å². The van der Waals surface area contributed by atoms with E-state index in [1.807, 2.05) is 13.0 Å². The first-order valence-corrected chi connectivity index (χ1v) is 8.73. The Hall–Kier alpha value is -2.72. The summed E-state index contributed by atoms with van der Waals surface area (Å²) in [6.07, 6.45) is 0. The first kappa shape index (κ1) is 13.7. The van der Waals surface area contributed by atoms with Crippen molar-refractivity contribution in [2.45, 2.75) is 13.8 Å². The molecule has 0 saturated heterocycles. The van der Waals surface area contributed by atoms with Crippen LogP contribution in [0, 0.1) is 13.8 Å². The molecule has 5 rings (SSSR count). The van der Waals surface area contributed by atoms with Gasteiger partial charge in [0.25, 0.3) is 0 Å². The van der Waals surface area contributed by atoms with Crippen LogP contribution in [0.25, 0.3) is 43.5 Å². The molecule has 4 heteroatoms. The predicted molar refractivity (Wildman–Crippen MR) is 99.6 cm³/mol. The van der Waals surface area contributed by atoms with Crippen molar-refractivity contribution in [3.8, 4) is 11.3 Å². The number of furan rings is 1. The van der Waals surface area contributed by atoms with Gasteiger partial charge in [0.1, 0.15) is 5.58 Å². The SMILES string of the molecule is Cc1ccc2c(n1)oc1c(-c3ccc4scc(C)c4n3)cccc12. The number of hydrogen-bond donors (Lipinski definition) is 0. The van der Waals surface area contributed by atoms with Gasteiger partial charge in [-0.3, -0.25) is 0 Å². The van der Waals surface area contributed by atoms with Gasteiger partial charge in [-0.2, -0.15) is 0 Å². The predicted octanol–water partition coefficient (Wildman–Crippen LogP) is 5.87. The van der Waals surface area contributed by atoms with Crippen molar-refractivity contribution in [3.63, 3.8) is 0 Å². The van der Waals surface area contributed by atoms with Gasteiger partial charge in [-0.15, -0.1) is 11.3 Å². The molecule has 0 aliphatic rings. The smallest absolute Gasteiger partial charge is 0.227 e. The van der Waals surface area contributed by atoms with Crippen molar-refractivity contribution in [2.75, 3.05) is 0 Å². The molecule has 4 aromatic heterocycles. The van der Waals surface area contributed by atoms with Crippen LogP contribution in [-0.2, 0) is 0 Å². The summed E-state index contributed by atoms with van der Waals surface area (Å²) in [5.74, 6) is 0. The largest absolute Gasteiger partial charge is 0.437 e. The Morgan fingerprint density at radius 1 is 0.917 bits per heavy atom. The van der Waals surface area contributed by atoms with Crippen molar-refractivity contribution in [2.24, 2.45) is 0 Å². The third-order valence-electron chi connectivity index (χ3n) is 4.37. The molecule has 0 aliphatic heterocycles. The summed E-state index contributed by atoms with van der Waals surface area (Å²) in [5, 5.41) is 4.28. The molecule has 0 spiro atoms. The summed E-state index contributed by atoms with van der Waals surface area (Å²) in [7, 11) is 0. The highest BCUT2D eigenvalue weighted by molar-refractivity contribution is 7.17. The van der Waals surface area contributed by atoms with Crippen LogP contribution in [0.3, 0.4) is 0 Å². The summed E-state index contributed by atoms with van der Waals surface area (Å²) in [4.78, 5) is 9.39. The van der Waals surface area contributed by atoms with E-state index in [4.69, 9.17) is 9.40 Å². The maximum absolute atomic E-state index is 6.09. The Kier molecular flexibility index (Phi) is 2.79. The summed E-state index contributed by atoms with van der Waals surface area (Å²) in [5.41, 5.74) is 6.72. The van der Waals surface area contributed by atoms with E-state index in [9.17, 15) is 0 Å². The van der Waals surface area contributed by atoms with Gasteiger partial charge >= 0.3 is 0 Å². The van der Waals surface area contributed by atoms with Gasteiger partial charge < -0.3 is 4.42 Å². The molecule has 5 aromatic rings. The molecule has 3 nitrogen and oxygen atoms in total. The van der Waals surface area contributed by atoms with Crippen molar-refractivity contribution in [3.05, 3.63) is 59.1 Å². The van der Waals surface area contributed by atoms with E-state index in [2.05, 4.69) is 53.7 Å². The molecule has 0 radical (unpaired) electrons. The minimum atomic E-state index is 0.685. The summed E-state index contributed by atoms with van der Waals surface area (Å²) in [6, 6.07) is 14.5. The minimum Gasteiger partial charge on any atom is -0.437 e. The number of nitrogens with zero attached hydrogens (tertiary/aromatic N) is 2. The van der Waals surface area contributed by atoms with Crippen LogP contribution < -0.4 is 0 Å². The first-order valence-electron chi connectivity index (χ1n) is 7.85. The molecular weight excluding hydrogens is 316 g/mol. The Morgan fingerprint density at radius 2 is 1.83 bits per heavy atom. The van der Waals surface area contributed by atoms with E-state index in [1.165, 1.54) is 10.3 Å². The minimum absolute atomic E-state index is 0.685. The van der Waals surface area contributed by atoms with Gasteiger partial charge in [0.05, 0.1) is 15.9 Å². The van der Waals surface area contributed by atoms with Gasteiger partial charge in [-0.05, 0) is 55.1 Å². The van der Waals surface area contributed by atoms with Gasteiger partial charge in [0.15, 0.2) is 0 Å². The molecule has 0 bridgehead atoms. The zero-order valence-corrected chi connectivity index (χ0v) is 14.1. The molecule has 24 heavy (non-hydrogen) atoms. The zero-order valence-electron chi connectivity index (χ0n) is 13.3. The number of rotatable bonds is 1. The highest BCUT2D eigenvalue weighted by atomic mass is 32.1. The molecule has 0 amide bonds. The number of pyridine rings is 2. The highest BCUT2D eigenvalue weighted by Gasteiger charge is 2.14. The van der Waals surface area contributed by atoms with Crippen LogP contribution in [0.2, 0.25) is 0 Å². The van der Waals surface area contributed by atoms with Crippen LogP contribution in [-0.4, -0.2) is 9.97 Å². The molecule has 0 saturated carbocycles. The van der Waals surface area contributed by atoms with E-state index >= 15 is 0 Å². The number of thiophene rings is 1. The van der Waals surface area contributed by atoms with Crippen LogP contribution in [0.4, 0.5) is 0 Å². The van der Waals surface area contributed by atoms with E-state index in [0.29, 0.717) is 5.71 Å². The lowest BCUT2D eigenvalue weighted by Crippen LogP contribution is -1.85. The van der Waals surface area contributed by atoms with E-state index in [-0.39, 0.29) is 0 Å². The Bertz CT molecular complexity index is 1230. The molecule has 116 valence electrons. The fraction of sp³-hybridized carbons (Fsp3) is 0.100. The Morgan fingerprint density at radius 3 is 2.75 bits per heavy atom. The fourth-order valence-electron chi connectivity index (χ4n) is 3.15. The quantitative estimate of drug-likeness (QED) is 0.385. The molecule has 1 aromatic carbocycles. The molecular formula is C20H14N2OS. The molecule has 0 fully saturated rings. The number of para-hydroxylation sites is 1. The second-order valence-corrected chi connectivity index (χ2v) is 6.96. The Labute approximate surface area is 142 Å². The summed E-state index contributed by atoms with van der Waals surface area (Å²) in [6.45, 7) is 4.08. The zero-order chi connectivity index (χ0) is 16.3. The topological polar surface area (TPSA) is 38.9 Å². The third-order valence-corrected chi connectivity index (χ3v) is 5.43. The normalized spacial score (nSPS) is 11.8. The van der Waals surface area contributed by atoms with Crippen LogP contribution in [0.1, 0.15) is 11.3 Å². The molecule has 0 N–H and O–H groups in total. The summed E-state index contributed by atoms with van der Waals surface area (Å²) < 4.78 is 7.31. The fourth-order valence-corrected chi connectivity index (χ4v) is 4.04. The van der Waals surface area contributed by atoms with Gasteiger partial charge in [0, 0.05) is 22.0 Å². The number of fused-ring (bicyclic) bond motifs is 4. The number of hydrogen-bond acceptors (Lipinski definition) is 4. The second-order valence-electron chi connectivity index (χ2n) is 6.05. The molecule has 4 heterocycles. The van der Waals surface area contributed by atoms with Crippen molar-refractivity contribution < 1.29 is 4.42 Å². The maximum atomic E-state index is 6.09. The lowest BCUT2D eigenvalue weighted by atomic mass is 10.1.